The Bertz CT molecular complexity index is 527. The van der Waals surface area contributed by atoms with Gasteiger partial charge in [0.1, 0.15) is 0 Å². The van der Waals surface area contributed by atoms with E-state index in [0.29, 0.717) is 11.3 Å². The first-order valence-electron chi connectivity index (χ1n) is 4.61. The molecule has 1 aliphatic rings. The summed E-state index contributed by atoms with van der Waals surface area (Å²) in [5.41, 5.74) is 1.27. The molecule has 1 aromatic rings. The van der Waals surface area contributed by atoms with Crippen molar-refractivity contribution in [3.05, 3.63) is 28.2 Å². The fourth-order valence-corrected chi connectivity index (χ4v) is 1.73. The number of oxime groups is 1. The SMILES string of the molecule is O=C(O)CON=C1C(=O)Nc2ccc(Br)cc21. The minimum atomic E-state index is -1.15. The van der Waals surface area contributed by atoms with Crippen molar-refractivity contribution in [1.82, 2.24) is 0 Å². The number of carboxylic acids is 1. The highest BCUT2D eigenvalue weighted by Crippen LogP contribution is 2.26. The van der Waals surface area contributed by atoms with Gasteiger partial charge in [0.25, 0.3) is 5.91 Å². The smallest absolute Gasteiger partial charge is 0.344 e. The van der Waals surface area contributed by atoms with Gasteiger partial charge in [-0.3, -0.25) is 4.79 Å². The van der Waals surface area contributed by atoms with E-state index in [-0.39, 0.29) is 5.71 Å². The van der Waals surface area contributed by atoms with E-state index in [4.69, 9.17) is 5.11 Å². The highest BCUT2D eigenvalue weighted by molar-refractivity contribution is 9.10. The van der Waals surface area contributed by atoms with Gasteiger partial charge >= 0.3 is 5.97 Å². The number of amides is 1. The standard InChI is InChI=1S/C10H7BrN2O4/c11-5-1-2-7-6(3-5)9(10(16)12-7)13-17-4-8(14)15/h1-3H,4H2,(H,14,15)(H,12,13,16). The molecule has 0 unspecified atom stereocenters. The average molecular weight is 299 g/mol. The predicted molar refractivity (Wildman–Crippen MR) is 62.9 cm³/mol. The monoisotopic (exact) mass is 298 g/mol. The number of carbonyl (C=O) groups is 2. The highest BCUT2D eigenvalue weighted by atomic mass is 79.9. The van der Waals surface area contributed by atoms with E-state index in [1.165, 1.54) is 0 Å². The third kappa shape index (κ3) is 2.44. The number of carbonyl (C=O) groups excluding carboxylic acids is 1. The van der Waals surface area contributed by atoms with Crippen molar-refractivity contribution in [3.8, 4) is 0 Å². The molecule has 7 heteroatoms. The van der Waals surface area contributed by atoms with Gasteiger partial charge in [-0.15, -0.1) is 0 Å². The molecule has 0 saturated heterocycles. The minimum absolute atomic E-state index is 0.0718. The summed E-state index contributed by atoms with van der Waals surface area (Å²) >= 11 is 3.27. The third-order valence-electron chi connectivity index (χ3n) is 2.04. The van der Waals surface area contributed by atoms with Gasteiger partial charge in [0.15, 0.2) is 5.71 Å². The summed E-state index contributed by atoms with van der Waals surface area (Å²) in [6, 6.07) is 5.20. The van der Waals surface area contributed by atoms with E-state index in [2.05, 4.69) is 31.2 Å². The lowest BCUT2D eigenvalue weighted by Crippen LogP contribution is -2.15. The van der Waals surface area contributed by atoms with Gasteiger partial charge in [0, 0.05) is 10.0 Å². The molecule has 0 aromatic heterocycles. The van der Waals surface area contributed by atoms with Crippen molar-refractivity contribution in [2.24, 2.45) is 5.16 Å². The Morgan fingerprint density at radius 1 is 1.53 bits per heavy atom. The summed E-state index contributed by atoms with van der Waals surface area (Å²) in [5, 5.41) is 14.5. The Balaban J connectivity index is 2.27. The first-order valence-corrected chi connectivity index (χ1v) is 5.40. The van der Waals surface area contributed by atoms with Gasteiger partial charge in [0.05, 0.1) is 5.69 Å². The van der Waals surface area contributed by atoms with Gasteiger partial charge in [-0.1, -0.05) is 21.1 Å². The van der Waals surface area contributed by atoms with Crippen LogP contribution < -0.4 is 5.32 Å². The first kappa shape index (κ1) is 11.6. The molecular formula is C10H7BrN2O4. The normalized spacial score (nSPS) is 15.6. The van der Waals surface area contributed by atoms with Crippen LogP contribution in [0.5, 0.6) is 0 Å². The van der Waals surface area contributed by atoms with Gasteiger partial charge in [-0.05, 0) is 18.2 Å². The van der Waals surface area contributed by atoms with Gasteiger partial charge in [0.2, 0.25) is 6.61 Å². The van der Waals surface area contributed by atoms with Crippen molar-refractivity contribution in [2.75, 3.05) is 11.9 Å². The van der Waals surface area contributed by atoms with Gasteiger partial charge in [-0.25, -0.2) is 4.79 Å². The number of fused-ring (bicyclic) bond motifs is 1. The summed E-state index contributed by atoms with van der Waals surface area (Å²) < 4.78 is 0.790. The Morgan fingerprint density at radius 2 is 2.29 bits per heavy atom. The zero-order valence-electron chi connectivity index (χ0n) is 8.44. The largest absolute Gasteiger partial charge is 0.479 e. The average Bonchev–Trinajstić information content (AvgIpc) is 2.55. The first-order chi connectivity index (χ1) is 8.08. The topological polar surface area (TPSA) is 88.0 Å². The zero-order valence-corrected chi connectivity index (χ0v) is 10.0. The summed E-state index contributed by atoms with van der Waals surface area (Å²) in [4.78, 5) is 26.3. The third-order valence-corrected chi connectivity index (χ3v) is 2.54. The summed E-state index contributed by atoms with van der Waals surface area (Å²) in [6.45, 7) is -0.583. The molecule has 0 fully saturated rings. The number of nitrogens with zero attached hydrogens (tertiary/aromatic N) is 1. The van der Waals surface area contributed by atoms with E-state index in [0.717, 1.165) is 4.47 Å². The van der Waals surface area contributed by atoms with E-state index < -0.39 is 18.5 Å². The number of halogens is 1. The maximum atomic E-state index is 11.5. The molecule has 6 nitrogen and oxygen atoms in total. The van der Waals surface area contributed by atoms with Crippen LogP contribution in [0.25, 0.3) is 0 Å². The Hall–Kier alpha value is -1.89. The molecule has 0 atom stereocenters. The van der Waals surface area contributed by atoms with Gasteiger partial charge < -0.3 is 15.3 Å². The van der Waals surface area contributed by atoms with Crippen LogP contribution in [0, 0.1) is 0 Å². The number of rotatable bonds is 3. The fourth-order valence-electron chi connectivity index (χ4n) is 1.37. The number of hydrogen-bond donors (Lipinski definition) is 2. The molecule has 88 valence electrons. The number of benzene rings is 1. The molecular weight excluding hydrogens is 292 g/mol. The summed E-state index contributed by atoms with van der Waals surface area (Å²) in [5.74, 6) is -1.56. The van der Waals surface area contributed by atoms with Crippen LogP contribution in [-0.2, 0) is 14.4 Å². The molecule has 1 aliphatic heterocycles. The second-order valence-corrected chi connectivity index (χ2v) is 4.17. The maximum Gasteiger partial charge on any atom is 0.344 e. The quantitative estimate of drug-likeness (QED) is 0.821. The zero-order chi connectivity index (χ0) is 12.4. The molecule has 1 aromatic carbocycles. The van der Waals surface area contributed by atoms with Crippen LogP contribution in [0.4, 0.5) is 5.69 Å². The second kappa shape index (κ2) is 4.54. The number of carboxylic acid groups (broad SMARTS) is 1. The lowest BCUT2D eigenvalue weighted by atomic mass is 10.1. The van der Waals surface area contributed by atoms with Crippen LogP contribution >= 0.6 is 15.9 Å². The summed E-state index contributed by atoms with van der Waals surface area (Å²) in [6.07, 6.45) is 0. The highest BCUT2D eigenvalue weighted by Gasteiger charge is 2.26. The molecule has 2 N–H and O–H groups in total. The van der Waals surface area contributed by atoms with E-state index >= 15 is 0 Å². The molecule has 0 saturated carbocycles. The lowest BCUT2D eigenvalue weighted by Gasteiger charge is -1.98. The molecule has 0 radical (unpaired) electrons. The van der Waals surface area contributed by atoms with Crippen LogP contribution in [0.15, 0.2) is 27.8 Å². The molecule has 0 bridgehead atoms. The maximum absolute atomic E-state index is 11.5. The van der Waals surface area contributed by atoms with E-state index in [1.807, 2.05) is 0 Å². The van der Waals surface area contributed by atoms with Crippen LogP contribution in [0.3, 0.4) is 0 Å². The number of hydrogen-bond acceptors (Lipinski definition) is 4. The van der Waals surface area contributed by atoms with Crippen molar-refractivity contribution in [2.45, 2.75) is 0 Å². The Kier molecular flexibility index (Phi) is 3.10. The second-order valence-electron chi connectivity index (χ2n) is 3.25. The van der Waals surface area contributed by atoms with Crippen LogP contribution in [0.1, 0.15) is 5.56 Å². The van der Waals surface area contributed by atoms with Crippen molar-refractivity contribution in [3.63, 3.8) is 0 Å². The van der Waals surface area contributed by atoms with Crippen molar-refractivity contribution < 1.29 is 19.5 Å². The fraction of sp³-hybridized carbons (Fsp3) is 0.100. The molecule has 17 heavy (non-hydrogen) atoms. The Labute approximate surface area is 104 Å². The number of nitrogens with one attached hydrogen (secondary N) is 1. The van der Waals surface area contributed by atoms with Crippen LogP contribution in [-0.4, -0.2) is 29.3 Å². The van der Waals surface area contributed by atoms with Gasteiger partial charge in [-0.2, -0.15) is 0 Å². The van der Waals surface area contributed by atoms with Crippen LogP contribution in [0.2, 0.25) is 0 Å². The number of anilines is 1. The molecule has 1 amide bonds. The Morgan fingerprint density at radius 3 is 3.00 bits per heavy atom. The van der Waals surface area contributed by atoms with E-state index in [1.54, 1.807) is 18.2 Å². The number of aliphatic carboxylic acids is 1. The predicted octanol–water partition coefficient (Wildman–Crippen LogP) is 1.21. The van der Waals surface area contributed by atoms with E-state index in [9.17, 15) is 9.59 Å². The van der Waals surface area contributed by atoms with Crippen molar-refractivity contribution in [1.29, 1.82) is 0 Å². The molecule has 0 spiro atoms. The molecule has 2 rings (SSSR count). The molecule has 1 heterocycles. The lowest BCUT2D eigenvalue weighted by molar-refractivity contribution is -0.142. The summed E-state index contributed by atoms with van der Waals surface area (Å²) in [7, 11) is 0. The minimum Gasteiger partial charge on any atom is -0.479 e. The molecule has 0 aliphatic carbocycles. The van der Waals surface area contributed by atoms with Crippen molar-refractivity contribution >= 4 is 39.2 Å².